The monoisotopic (exact) mass is 218 g/mol. The highest BCUT2D eigenvalue weighted by Gasteiger charge is 2.15. The summed E-state index contributed by atoms with van der Waals surface area (Å²) in [5.74, 6) is 1.02. The molecular formula is C13H18N2O. The van der Waals surface area contributed by atoms with E-state index in [-0.39, 0.29) is 6.04 Å². The molecule has 0 fully saturated rings. The highest BCUT2D eigenvalue weighted by molar-refractivity contribution is 5.40. The largest absolute Gasteiger partial charge is 0.493 e. The van der Waals surface area contributed by atoms with E-state index in [1.165, 1.54) is 11.1 Å². The predicted molar refractivity (Wildman–Crippen MR) is 65.6 cm³/mol. The van der Waals surface area contributed by atoms with Crippen LogP contribution in [-0.4, -0.2) is 19.7 Å². The molecule has 86 valence electrons. The van der Waals surface area contributed by atoms with Gasteiger partial charge in [0.2, 0.25) is 0 Å². The minimum atomic E-state index is 0.198. The summed E-state index contributed by atoms with van der Waals surface area (Å²) < 4.78 is 5.48. The van der Waals surface area contributed by atoms with Crippen LogP contribution in [-0.2, 0) is 6.42 Å². The average Bonchev–Trinajstić information content (AvgIpc) is 2.77. The maximum Gasteiger partial charge on any atom is 0.122 e. The molecule has 3 nitrogen and oxygen atoms in total. The smallest absolute Gasteiger partial charge is 0.122 e. The lowest BCUT2D eigenvalue weighted by molar-refractivity contribution is 0.356. The van der Waals surface area contributed by atoms with Gasteiger partial charge in [0, 0.05) is 25.6 Å². The molecule has 1 aromatic rings. The van der Waals surface area contributed by atoms with Gasteiger partial charge in [-0.15, -0.1) is 6.58 Å². The molecular weight excluding hydrogens is 200 g/mol. The summed E-state index contributed by atoms with van der Waals surface area (Å²) >= 11 is 0. The van der Waals surface area contributed by atoms with Crippen LogP contribution in [0, 0.1) is 0 Å². The first-order valence-corrected chi connectivity index (χ1v) is 5.65. The maximum absolute atomic E-state index is 5.76. The second kappa shape index (κ2) is 5.14. The third kappa shape index (κ3) is 2.26. The Kier molecular flexibility index (Phi) is 3.59. The van der Waals surface area contributed by atoms with Crippen LogP contribution in [0.2, 0.25) is 0 Å². The van der Waals surface area contributed by atoms with Crippen LogP contribution >= 0.6 is 0 Å². The molecule has 0 saturated carbocycles. The Morgan fingerprint density at radius 2 is 2.44 bits per heavy atom. The van der Waals surface area contributed by atoms with Crippen molar-refractivity contribution < 1.29 is 4.74 Å². The Morgan fingerprint density at radius 3 is 3.19 bits per heavy atom. The Hall–Kier alpha value is -1.32. The van der Waals surface area contributed by atoms with Crippen LogP contribution in [0.15, 0.2) is 30.9 Å². The molecule has 1 unspecified atom stereocenters. The summed E-state index contributed by atoms with van der Waals surface area (Å²) in [5.41, 5.74) is 8.28. The van der Waals surface area contributed by atoms with Crippen molar-refractivity contribution in [2.75, 3.05) is 19.7 Å². The van der Waals surface area contributed by atoms with Crippen molar-refractivity contribution in [1.29, 1.82) is 0 Å². The van der Waals surface area contributed by atoms with E-state index in [1.807, 2.05) is 12.1 Å². The molecule has 0 amide bonds. The van der Waals surface area contributed by atoms with Crippen LogP contribution in [0.3, 0.4) is 0 Å². The molecule has 0 bridgehead atoms. The molecule has 0 aliphatic carbocycles. The topological polar surface area (TPSA) is 47.3 Å². The third-order valence-corrected chi connectivity index (χ3v) is 2.86. The van der Waals surface area contributed by atoms with Crippen molar-refractivity contribution >= 4 is 0 Å². The van der Waals surface area contributed by atoms with Crippen LogP contribution in [0.4, 0.5) is 0 Å². The van der Waals surface area contributed by atoms with E-state index in [0.717, 1.165) is 25.3 Å². The van der Waals surface area contributed by atoms with Crippen molar-refractivity contribution in [2.24, 2.45) is 5.73 Å². The molecule has 1 heterocycles. The molecule has 1 aromatic carbocycles. The van der Waals surface area contributed by atoms with Crippen LogP contribution in [0.1, 0.15) is 17.2 Å². The zero-order valence-electron chi connectivity index (χ0n) is 9.41. The average molecular weight is 218 g/mol. The van der Waals surface area contributed by atoms with Crippen molar-refractivity contribution in [2.45, 2.75) is 12.5 Å². The quantitative estimate of drug-likeness (QED) is 0.734. The Morgan fingerprint density at radius 1 is 1.56 bits per heavy atom. The van der Waals surface area contributed by atoms with Crippen molar-refractivity contribution in [1.82, 2.24) is 5.32 Å². The first kappa shape index (κ1) is 11.2. The first-order valence-electron chi connectivity index (χ1n) is 5.65. The lowest BCUT2D eigenvalue weighted by Gasteiger charge is -2.16. The number of nitrogens with one attached hydrogen (secondary N) is 1. The van der Waals surface area contributed by atoms with Gasteiger partial charge in [-0.25, -0.2) is 0 Å². The number of ether oxygens (including phenoxy) is 1. The molecule has 1 aliphatic heterocycles. The molecule has 16 heavy (non-hydrogen) atoms. The van der Waals surface area contributed by atoms with Crippen LogP contribution in [0.25, 0.3) is 0 Å². The van der Waals surface area contributed by atoms with E-state index >= 15 is 0 Å². The Balaban J connectivity index is 2.15. The maximum atomic E-state index is 5.76. The van der Waals surface area contributed by atoms with Gasteiger partial charge >= 0.3 is 0 Å². The zero-order chi connectivity index (χ0) is 11.4. The molecule has 0 radical (unpaired) electrons. The molecule has 1 aliphatic rings. The summed E-state index contributed by atoms with van der Waals surface area (Å²) in [6, 6.07) is 6.51. The van der Waals surface area contributed by atoms with Crippen molar-refractivity contribution in [3.05, 3.63) is 42.0 Å². The molecule has 1 atom stereocenters. The van der Waals surface area contributed by atoms with Gasteiger partial charge in [-0.1, -0.05) is 18.2 Å². The SMILES string of the molecule is C=CCNC(CN)c1ccc2c(c1)CCO2. The van der Waals surface area contributed by atoms with E-state index in [1.54, 1.807) is 0 Å². The number of benzene rings is 1. The van der Waals surface area contributed by atoms with Gasteiger partial charge < -0.3 is 15.8 Å². The third-order valence-electron chi connectivity index (χ3n) is 2.86. The van der Waals surface area contributed by atoms with Crippen molar-refractivity contribution in [3.8, 4) is 5.75 Å². The van der Waals surface area contributed by atoms with E-state index in [2.05, 4.69) is 24.0 Å². The normalized spacial score (nSPS) is 15.3. The fourth-order valence-corrected chi connectivity index (χ4v) is 1.99. The van der Waals surface area contributed by atoms with E-state index < -0.39 is 0 Å². The molecule has 0 saturated heterocycles. The first-order chi connectivity index (χ1) is 7.85. The minimum absolute atomic E-state index is 0.198. The van der Waals surface area contributed by atoms with E-state index in [0.29, 0.717) is 6.54 Å². The van der Waals surface area contributed by atoms with Crippen LogP contribution < -0.4 is 15.8 Å². The number of hydrogen-bond donors (Lipinski definition) is 2. The Labute approximate surface area is 96.3 Å². The fourth-order valence-electron chi connectivity index (χ4n) is 1.99. The van der Waals surface area contributed by atoms with Gasteiger partial charge in [0.25, 0.3) is 0 Å². The van der Waals surface area contributed by atoms with Gasteiger partial charge in [-0.2, -0.15) is 0 Å². The molecule has 3 heteroatoms. The predicted octanol–water partition coefficient (Wildman–Crippen LogP) is 1.40. The molecule has 2 rings (SSSR count). The standard InChI is InChI=1S/C13H18N2O/c1-2-6-15-12(9-14)10-3-4-13-11(8-10)5-7-16-13/h2-4,8,12,15H,1,5-7,9,14H2. The number of hydrogen-bond acceptors (Lipinski definition) is 3. The number of fused-ring (bicyclic) bond motifs is 1. The highest BCUT2D eigenvalue weighted by atomic mass is 16.5. The van der Waals surface area contributed by atoms with Gasteiger partial charge in [0.1, 0.15) is 5.75 Å². The summed E-state index contributed by atoms with van der Waals surface area (Å²) in [5, 5.41) is 3.34. The molecule has 0 aromatic heterocycles. The second-order valence-electron chi connectivity index (χ2n) is 3.95. The van der Waals surface area contributed by atoms with Gasteiger partial charge in [-0.05, 0) is 17.2 Å². The van der Waals surface area contributed by atoms with Gasteiger partial charge in [0.15, 0.2) is 0 Å². The number of nitrogens with two attached hydrogens (primary N) is 1. The number of rotatable bonds is 5. The van der Waals surface area contributed by atoms with Gasteiger partial charge in [0.05, 0.1) is 6.61 Å². The van der Waals surface area contributed by atoms with Crippen LogP contribution in [0.5, 0.6) is 5.75 Å². The lowest BCUT2D eigenvalue weighted by atomic mass is 10.0. The fraction of sp³-hybridized carbons (Fsp3) is 0.385. The summed E-state index contributed by atoms with van der Waals surface area (Å²) in [7, 11) is 0. The van der Waals surface area contributed by atoms with Gasteiger partial charge in [-0.3, -0.25) is 0 Å². The minimum Gasteiger partial charge on any atom is -0.493 e. The zero-order valence-corrected chi connectivity index (χ0v) is 9.41. The highest BCUT2D eigenvalue weighted by Crippen LogP contribution is 2.27. The van der Waals surface area contributed by atoms with Crippen molar-refractivity contribution in [3.63, 3.8) is 0 Å². The molecule has 3 N–H and O–H groups in total. The lowest BCUT2D eigenvalue weighted by Crippen LogP contribution is -2.28. The summed E-state index contributed by atoms with van der Waals surface area (Å²) in [6.07, 6.45) is 2.85. The summed E-state index contributed by atoms with van der Waals surface area (Å²) in [4.78, 5) is 0. The molecule has 0 spiro atoms. The summed E-state index contributed by atoms with van der Waals surface area (Å²) in [6.45, 7) is 5.86. The van der Waals surface area contributed by atoms with E-state index in [9.17, 15) is 0 Å². The Bertz CT molecular complexity index is 376. The van der Waals surface area contributed by atoms with E-state index in [4.69, 9.17) is 10.5 Å². The second-order valence-corrected chi connectivity index (χ2v) is 3.95.